The Kier molecular flexibility index (Phi) is 7.34. The molecule has 1 aliphatic rings. The minimum Gasteiger partial charge on any atom is -0.462 e. The molecule has 0 amide bonds. The fourth-order valence-electron chi connectivity index (χ4n) is 3.55. The van der Waals surface area contributed by atoms with Gasteiger partial charge in [-0.2, -0.15) is 5.10 Å². The lowest BCUT2D eigenvalue weighted by Crippen LogP contribution is -2.19. The van der Waals surface area contributed by atoms with E-state index in [1.165, 1.54) is 6.20 Å². The molecule has 0 radical (unpaired) electrons. The summed E-state index contributed by atoms with van der Waals surface area (Å²) >= 11 is 6.41. The third-order valence-electron chi connectivity index (χ3n) is 5.30. The van der Waals surface area contributed by atoms with Crippen molar-refractivity contribution < 1.29 is 14.3 Å². The molecule has 1 aromatic carbocycles. The van der Waals surface area contributed by atoms with E-state index in [-0.39, 0.29) is 0 Å². The summed E-state index contributed by atoms with van der Waals surface area (Å²) in [6.45, 7) is 3.92. The molecule has 32 heavy (non-hydrogen) atoms. The van der Waals surface area contributed by atoms with Crippen LogP contribution in [0.15, 0.2) is 42.9 Å². The first kappa shape index (κ1) is 22.2. The normalized spacial score (nSPS) is 14.3. The summed E-state index contributed by atoms with van der Waals surface area (Å²) in [5.41, 5.74) is 2.26. The van der Waals surface area contributed by atoms with Crippen LogP contribution in [-0.4, -0.2) is 45.5 Å². The molecule has 3 aromatic rings. The van der Waals surface area contributed by atoms with Crippen LogP contribution in [0.1, 0.15) is 49.0 Å². The van der Waals surface area contributed by atoms with E-state index in [0.717, 1.165) is 44.6 Å². The Balaban J connectivity index is 1.55. The zero-order chi connectivity index (χ0) is 22.3. The zero-order valence-electron chi connectivity index (χ0n) is 18.0. The molecule has 1 fully saturated rings. The maximum atomic E-state index is 12.6. The molecule has 1 aliphatic heterocycles. The van der Waals surface area contributed by atoms with Crippen molar-refractivity contribution in [2.24, 2.45) is 0 Å². The van der Waals surface area contributed by atoms with E-state index in [1.807, 2.05) is 23.9 Å². The predicted molar refractivity (Wildman–Crippen MR) is 122 cm³/mol. The molecule has 3 heterocycles. The molecule has 1 N–H and O–H groups in total. The Morgan fingerprint density at radius 3 is 2.91 bits per heavy atom. The standard InChI is InChI=1S/C23H26ClN5O3/c1-2-3-10-32-22(30)19-7-5-4-6-18(19)21-20(24)14-25-23(28-21)27-16-13-26-29(15-16)17-8-11-31-12-9-17/h4-7,13-15,17H,2-3,8-12H2,1H3,(H,25,27,28). The maximum Gasteiger partial charge on any atom is 0.338 e. The SMILES string of the molecule is CCCCOC(=O)c1ccccc1-c1nc(Nc2cnn(C3CCOCC3)c2)ncc1Cl. The first-order valence-corrected chi connectivity index (χ1v) is 11.2. The number of halogens is 1. The van der Waals surface area contributed by atoms with E-state index in [0.29, 0.717) is 40.4 Å². The number of hydrogen-bond donors (Lipinski definition) is 1. The fourth-order valence-corrected chi connectivity index (χ4v) is 3.74. The van der Waals surface area contributed by atoms with Crippen LogP contribution >= 0.6 is 11.6 Å². The minimum absolute atomic E-state index is 0.326. The number of nitrogens with zero attached hydrogens (tertiary/aromatic N) is 4. The highest BCUT2D eigenvalue weighted by molar-refractivity contribution is 6.33. The van der Waals surface area contributed by atoms with Crippen molar-refractivity contribution in [2.45, 2.75) is 38.6 Å². The van der Waals surface area contributed by atoms with Gasteiger partial charge in [0.05, 0.1) is 47.0 Å². The van der Waals surface area contributed by atoms with Gasteiger partial charge in [0.15, 0.2) is 0 Å². The highest BCUT2D eigenvalue weighted by Crippen LogP contribution is 2.30. The molecule has 0 atom stereocenters. The summed E-state index contributed by atoms with van der Waals surface area (Å²) in [7, 11) is 0. The van der Waals surface area contributed by atoms with Crippen molar-refractivity contribution in [1.82, 2.24) is 19.7 Å². The van der Waals surface area contributed by atoms with Gasteiger partial charge in [-0.05, 0) is 25.3 Å². The van der Waals surface area contributed by atoms with Crippen LogP contribution in [0, 0.1) is 0 Å². The number of carbonyl (C=O) groups is 1. The third-order valence-corrected chi connectivity index (χ3v) is 5.58. The van der Waals surface area contributed by atoms with Gasteiger partial charge < -0.3 is 14.8 Å². The van der Waals surface area contributed by atoms with Crippen LogP contribution in [0.2, 0.25) is 5.02 Å². The maximum absolute atomic E-state index is 12.6. The molecular formula is C23H26ClN5O3. The molecule has 0 aliphatic carbocycles. The molecule has 8 nitrogen and oxygen atoms in total. The van der Waals surface area contributed by atoms with E-state index < -0.39 is 5.97 Å². The lowest BCUT2D eigenvalue weighted by Gasteiger charge is -2.22. The third kappa shape index (κ3) is 5.26. The number of nitrogens with one attached hydrogen (secondary N) is 1. The number of esters is 1. The lowest BCUT2D eigenvalue weighted by atomic mass is 10.0. The highest BCUT2D eigenvalue weighted by atomic mass is 35.5. The van der Waals surface area contributed by atoms with Gasteiger partial charge in [0.25, 0.3) is 0 Å². The second-order valence-electron chi connectivity index (χ2n) is 7.60. The van der Waals surface area contributed by atoms with Crippen LogP contribution in [0.4, 0.5) is 11.6 Å². The number of ether oxygens (including phenoxy) is 2. The van der Waals surface area contributed by atoms with Crippen LogP contribution in [0.5, 0.6) is 0 Å². The molecule has 9 heteroatoms. The van der Waals surface area contributed by atoms with Crippen molar-refractivity contribution in [3.63, 3.8) is 0 Å². The van der Waals surface area contributed by atoms with Crippen molar-refractivity contribution in [3.05, 3.63) is 53.4 Å². The molecule has 0 saturated carbocycles. The minimum atomic E-state index is -0.393. The highest BCUT2D eigenvalue weighted by Gasteiger charge is 2.19. The van der Waals surface area contributed by atoms with Crippen molar-refractivity contribution in [1.29, 1.82) is 0 Å². The quantitative estimate of drug-likeness (QED) is 0.375. The smallest absolute Gasteiger partial charge is 0.338 e. The fraction of sp³-hybridized carbons (Fsp3) is 0.391. The summed E-state index contributed by atoms with van der Waals surface area (Å²) in [6, 6.07) is 7.47. The van der Waals surface area contributed by atoms with E-state index in [2.05, 4.69) is 20.4 Å². The molecule has 168 valence electrons. The number of unbranched alkanes of at least 4 members (excludes halogenated alkanes) is 1. The van der Waals surface area contributed by atoms with Crippen LogP contribution in [-0.2, 0) is 9.47 Å². The Hall–Kier alpha value is -2.97. The van der Waals surface area contributed by atoms with E-state index in [9.17, 15) is 4.79 Å². The predicted octanol–water partition coefficient (Wildman–Crippen LogP) is 5.05. The van der Waals surface area contributed by atoms with Crippen molar-refractivity contribution in [3.8, 4) is 11.3 Å². The van der Waals surface area contributed by atoms with Crippen molar-refractivity contribution in [2.75, 3.05) is 25.1 Å². The van der Waals surface area contributed by atoms with Gasteiger partial charge in [-0.3, -0.25) is 4.68 Å². The largest absolute Gasteiger partial charge is 0.462 e. The first-order chi connectivity index (χ1) is 15.7. The van der Waals surface area contributed by atoms with Crippen LogP contribution in [0.3, 0.4) is 0 Å². The first-order valence-electron chi connectivity index (χ1n) is 10.8. The average Bonchev–Trinajstić information content (AvgIpc) is 3.29. The van der Waals surface area contributed by atoms with Gasteiger partial charge >= 0.3 is 5.97 Å². The van der Waals surface area contributed by atoms with Gasteiger partial charge in [0, 0.05) is 25.0 Å². The number of hydrogen-bond acceptors (Lipinski definition) is 7. The molecular weight excluding hydrogens is 430 g/mol. The number of aromatic nitrogens is 4. The second kappa shape index (κ2) is 10.6. The molecule has 1 saturated heterocycles. The summed E-state index contributed by atoms with van der Waals surface area (Å²) in [6.07, 6.45) is 8.85. The molecule has 0 bridgehead atoms. The second-order valence-corrected chi connectivity index (χ2v) is 8.01. The monoisotopic (exact) mass is 455 g/mol. The van der Waals surface area contributed by atoms with Gasteiger partial charge in [0.2, 0.25) is 5.95 Å². The molecule has 4 rings (SSSR count). The number of carbonyl (C=O) groups excluding carboxylic acids is 1. The van der Waals surface area contributed by atoms with E-state index in [4.69, 9.17) is 21.1 Å². The number of anilines is 2. The molecule has 0 spiro atoms. The van der Waals surface area contributed by atoms with Gasteiger partial charge in [-0.1, -0.05) is 43.1 Å². The Morgan fingerprint density at radius 2 is 2.09 bits per heavy atom. The van der Waals surface area contributed by atoms with Gasteiger partial charge in [0.1, 0.15) is 0 Å². The van der Waals surface area contributed by atoms with Gasteiger partial charge in [-0.15, -0.1) is 0 Å². The van der Waals surface area contributed by atoms with Gasteiger partial charge in [-0.25, -0.2) is 14.8 Å². The zero-order valence-corrected chi connectivity index (χ0v) is 18.7. The average molecular weight is 456 g/mol. The van der Waals surface area contributed by atoms with Crippen LogP contribution < -0.4 is 5.32 Å². The van der Waals surface area contributed by atoms with Crippen LogP contribution in [0.25, 0.3) is 11.3 Å². The molecule has 2 aromatic heterocycles. The molecule has 0 unspecified atom stereocenters. The Morgan fingerprint density at radius 1 is 1.28 bits per heavy atom. The summed E-state index contributed by atoms with van der Waals surface area (Å²) in [5, 5.41) is 7.99. The summed E-state index contributed by atoms with van der Waals surface area (Å²) < 4.78 is 12.8. The topological polar surface area (TPSA) is 91.2 Å². The summed E-state index contributed by atoms with van der Waals surface area (Å²) in [4.78, 5) is 21.5. The van der Waals surface area contributed by atoms with E-state index >= 15 is 0 Å². The van der Waals surface area contributed by atoms with Crippen molar-refractivity contribution >= 4 is 29.2 Å². The summed E-state index contributed by atoms with van der Waals surface area (Å²) in [5.74, 6) is -0.0268. The Labute approximate surface area is 191 Å². The lowest BCUT2D eigenvalue weighted by molar-refractivity contribution is 0.0500. The number of rotatable bonds is 8. The Bertz CT molecular complexity index is 1070. The number of benzene rings is 1. The van der Waals surface area contributed by atoms with E-state index in [1.54, 1.807) is 24.4 Å².